The summed E-state index contributed by atoms with van der Waals surface area (Å²) in [6, 6.07) is 9.71. The number of aliphatic imine (C=N–C) groups is 1. The van der Waals surface area contributed by atoms with Gasteiger partial charge in [-0.1, -0.05) is 37.3 Å². The number of amides is 1. The third kappa shape index (κ3) is 2.63. The summed E-state index contributed by atoms with van der Waals surface area (Å²) in [6.45, 7) is 1.92. The standard InChI is InChI=1S/C11H15N3O/c1-8(9-6-4-3-5-7-9)10(13-2)11(15)14-12/h3-8H,12H2,1-2H3,(H,14,15). The first kappa shape index (κ1) is 11.4. The van der Waals surface area contributed by atoms with Gasteiger partial charge in [0.1, 0.15) is 5.71 Å². The maximum Gasteiger partial charge on any atom is 0.279 e. The highest BCUT2D eigenvalue weighted by molar-refractivity contribution is 6.40. The monoisotopic (exact) mass is 205 g/mol. The van der Waals surface area contributed by atoms with Crippen molar-refractivity contribution in [1.29, 1.82) is 0 Å². The van der Waals surface area contributed by atoms with E-state index in [1.165, 1.54) is 0 Å². The van der Waals surface area contributed by atoms with Crippen LogP contribution in [-0.4, -0.2) is 18.7 Å². The molecule has 0 spiro atoms. The highest BCUT2D eigenvalue weighted by Gasteiger charge is 2.18. The van der Waals surface area contributed by atoms with E-state index in [1.54, 1.807) is 7.05 Å². The lowest BCUT2D eigenvalue weighted by Gasteiger charge is -2.13. The lowest BCUT2D eigenvalue weighted by Crippen LogP contribution is -2.38. The molecule has 1 aromatic carbocycles. The van der Waals surface area contributed by atoms with Gasteiger partial charge in [-0.3, -0.25) is 15.2 Å². The Kier molecular flexibility index (Phi) is 4.00. The molecule has 80 valence electrons. The zero-order valence-electron chi connectivity index (χ0n) is 8.90. The van der Waals surface area contributed by atoms with Gasteiger partial charge in [0.15, 0.2) is 0 Å². The third-order valence-corrected chi connectivity index (χ3v) is 2.31. The molecule has 0 fully saturated rings. The van der Waals surface area contributed by atoms with E-state index in [4.69, 9.17) is 5.84 Å². The smallest absolute Gasteiger partial charge is 0.279 e. The molecule has 3 N–H and O–H groups in total. The van der Waals surface area contributed by atoms with Crippen LogP contribution >= 0.6 is 0 Å². The van der Waals surface area contributed by atoms with Crippen molar-refractivity contribution >= 4 is 11.6 Å². The van der Waals surface area contributed by atoms with Gasteiger partial charge >= 0.3 is 0 Å². The summed E-state index contributed by atoms with van der Waals surface area (Å²) in [7, 11) is 1.59. The van der Waals surface area contributed by atoms with Crippen LogP contribution in [-0.2, 0) is 4.79 Å². The molecule has 1 aromatic rings. The van der Waals surface area contributed by atoms with Crippen molar-refractivity contribution in [3.05, 3.63) is 35.9 Å². The van der Waals surface area contributed by atoms with Crippen LogP contribution in [0.3, 0.4) is 0 Å². The van der Waals surface area contributed by atoms with Crippen LogP contribution in [0.1, 0.15) is 18.4 Å². The molecule has 0 saturated carbocycles. The maximum atomic E-state index is 11.4. The number of carbonyl (C=O) groups excluding carboxylic acids is 1. The van der Waals surface area contributed by atoms with E-state index in [0.717, 1.165) is 5.56 Å². The number of nitrogens with zero attached hydrogens (tertiary/aromatic N) is 1. The van der Waals surface area contributed by atoms with Crippen molar-refractivity contribution < 1.29 is 4.79 Å². The van der Waals surface area contributed by atoms with Crippen molar-refractivity contribution in [1.82, 2.24) is 5.43 Å². The van der Waals surface area contributed by atoms with Crippen molar-refractivity contribution in [2.45, 2.75) is 12.8 Å². The second-order valence-electron chi connectivity index (χ2n) is 3.21. The van der Waals surface area contributed by atoms with Gasteiger partial charge in [-0.25, -0.2) is 5.84 Å². The minimum Gasteiger partial charge on any atom is -0.289 e. The quantitative estimate of drug-likeness (QED) is 0.332. The lowest BCUT2D eigenvalue weighted by molar-refractivity contribution is -0.115. The van der Waals surface area contributed by atoms with Crippen LogP contribution in [0.4, 0.5) is 0 Å². The molecule has 0 bridgehead atoms. The minimum atomic E-state index is -0.339. The summed E-state index contributed by atoms with van der Waals surface area (Å²) in [5, 5.41) is 0. The zero-order chi connectivity index (χ0) is 11.3. The van der Waals surface area contributed by atoms with Crippen molar-refractivity contribution in [3.8, 4) is 0 Å². The van der Waals surface area contributed by atoms with Crippen LogP contribution in [0.5, 0.6) is 0 Å². The van der Waals surface area contributed by atoms with Crippen LogP contribution in [0.2, 0.25) is 0 Å². The molecule has 4 nitrogen and oxygen atoms in total. The predicted octanol–water partition coefficient (Wildman–Crippen LogP) is 0.851. The number of hydrogen-bond acceptors (Lipinski definition) is 3. The molecule has 1 amide bonds. The average molecular weight is 205 g/mol. The fourth-order valence-corrected chi connectivity index (χ4v) is 1.47. The molecule has 0 aromatic heterocycles. The molecule has 15 heavy (non-hydrogen) atoms. The molecule has 4 heteroatoms. The Bertz CT molecular complexity index is 359. The van der Waals surface area contributed by atoms with Gasteiger partial charge in [-0.15, -0.1) is 0 Å². The number of rotatable bonds is 3. The summed E-state index contributed by atoms with van der Waals surface area (Å²) in [5.74, 6) is 4.69. The number of nitrogens with two attached hydrogens (primary N) is 1. The van der Waals surface area contributed by atoms with E-state index in [9.17, 15) is 4.79 Å². The lowest BCUT2D eigenvalue weighted by atomic mass is 9.95. The molecule has 0 heterocycles. The first-order valence-corrected chi connectivity index (χ1v) is 4.73. The van der Waals surface area contributed by atoms with E-state index in [2.05, 4.69) is 10.4 Å². The highest BCUT2D eigenvalue weighted by atomic mass is 16.2. The van der Waals surface area contributed by atoms with Crippen molar-refractivity contribution in [2.24, 2.45) is 10.8 Å². The first-order valence-electron chi connectivity index (χ1n) is 4.73. The van der Waals surface area contributed by atoms with Crippen LogP contribution in [0.15, 0.2) is 35.3 Å². The van der Waals surface area contributed by atoms with Gasteiger partial charge in [0.2, 0.25) is 0 Å². The molecule has 0 aliphatic rings. The Morgan fingerprint density at radius 2 is 2.00 bits per heavy atom. The fourth-order valence-electron chi connectivity index (χ4n) is 1.47. The third-order valence-electron chi connectivity index (χ3n) is 2.31. The normalized spacial score (nSPS) is 13.4. The van der Waals surface area contributed by atoms with Crippen LogP contribution < -0.4 is 11.3 Å². The second kappa shape index (κ2) is 5.26. The Labute approximate surface area is 89.2 Å². The van der Waals surface area contributed by atoms with Gasteiger partial charge < -0.3 is 0 Å². The summed E-state index contributed by atoms with van der Waals surface area (Å²) in [5.41, 5.74) is 3.57. The Morgan fingerprint density at radius 3 is 2.47 bits per heavy atom. The highest BCUT2D eigenvalue weighted by Crippen LogP contribution is 2.16. The van der Waals surface area contributed by atoms with E-state index >= 15 is 0 Å². The van der Waals surface area contributed by atoms with Gasteiger partial charge in [0.25, 0.3) is 5.91 Å². The summed E-state index contributed by atoms with van der Waals surface area (Å²) in [6.07, 6.45) is 0. The van der Waals surface area contributed by atoms with Crippen LogP contribution in [0.25, 0.3) is 0 Å². The Hall–Kier alpha value is -1.68. The average Bonchev–Trinajstić information content (AvgIpc) is 2.30. The van der Waals surface area contributed by atoms with Crippen LogP contribution in [0, 0.1) is 0 Å². The van der Waals surface area contributed by atoms with E-state index in [1.807, 2.05) is 37.3 Å². The predicted molar refractivity (Wildman–Crippen MR) is 60.5 cm³/mol. The summed E-state index contributed by atoms with van der Waals surface area (Å²) >= 11 is 0. The molecule has 0 aliphatic heterocycles. The maximum absolute atomic E-state index is 11.4. The zero-order valence-corrected chi connectivity index (χ0v) is 8.90. The molecule has 1 atom stereocenters. The Balaban J connectivity index is 2.93. The van der Waals surface area contributed by atoms with Gasteiger partial charge in [-0.2, -0.15) is 0 Å². The van der Waals surface area contributed by atoms with E-state index in [0.29, 0.717) is 5.71 Å². The first-order chi connectivity index (χ1) is 7.20. The number of hydrazine groups is 1. The molecular formula is C11H15N3O. The number of benzene rings is 1. The molecule has 0 radical (unpaired) electrons. The minimum absolute atomic E-state index is 0.0558. The van der Waals surface area contributed by atoms with Gasteiger partial charge in [-0.05, 0) is 5.56 Å². The SMILES string of the molecule is CN=C(C(=O)NN)C(C)c1ccccc1. The second-order valence-corrected chi connectivity index (χ2v) is 3.21. The largest absolute Gasteiger partial charge is 0.289 e. The Morgan fingerprint density at radius 1 is 1.40 bits per heavy atom. The summed E-state index contributed by atoms with van der Waals surface area (Å²) in [4.78, 5) is 15.4. The van der Waals surface area contributed by atoms with Gasteiger partial charge in [0.05, 0.1) is 0 Å². The topological polar surface area (TPSA) is 67.5 Å². The molecule has 0 saturated heterocycles. The number of carbonyl (C=O) groups is 1. The molecule has 1 rings (SSSR count). The fraction of sp³-hybridized carbons (Fsp3) is 0.273. The van der Waals surface area contributed by atoms with Gasteiger partial charge in [0, 0.05) is 13.0 Å². The number of nitrogens with one attached hydrogen (secondary N) is 1. The molecule has 1 unspecified atom stereocenters. The number of hydrogen-bond donors (Lipinski definition) is 2. The molecule has 0 aliphatic carbocycles. The van der Waals surface area contributed by atoms with E-state index < -0.39 is 0 Å². The summed E-state index contributed by atoms with van der Waals surface area (Å²) < 4.78 is 0. The van der Waals surface area contributed by atoms with E-state index in [-0.39, 0.29) is 11.8 Å². The van der Waals surface area contributed by atoms with Crippen molar-refractivity contribution in [3.63, 3.8) is 0 Å². The van der Waals surface area contributed by atoms with Crippen molar-refractivity contribution in [2.75, 3.05) is 7.05 Å². The molecular weight excluding hydrogens is 190 g/mol.